The van der Waals surface area contributed by atoms with Crippen LogP contribution in [-0.2, 0) is 21.3 Å². The summed E-state index contributed by atoms with van der Waals surface area (Å²) < 4.78 is 36.5. The first-order valence-corrected chi connectivity index (χ1v) is 8.98. The van der Waals surface area contributed by atoms with E-state index in [9.17, 15) is 13.2 Å². The fourth-order valence-electron chi connectivity index (χ4n) is 2.39. The molecule has 1 amide bonds. The number of benzene rings is 1. The van der Waals surface area contributed by atoms with E-state index < -0.39 is 10.0 Å². The summed E-state index contributed by atoms with van der Waals surface area (Å²) in [6.45, 7) is 1.87. The fraction of sp³-hybridized carbons (Fsp3) is 0.312. The van der Waals surface area contributed by atoms with E-state index in [-0.39, 0.29) is 10.8 Å². The lowest BCUT2D eigenvalue weighted by Crippen LogP contribution is -2.40. The van der Waals surface area contributed by atoms with Crippen LogP contribution in [0.2, 0.25) is 0 Å². The first-order valence-electron chi connectivity index (χ1n) is 7.54. The van der Waals surface area contributed by atoms with E-state index >= 15 is 0 Å². The molecule has 0 bridgehead atoms. The Bertz CT molecular complexity index is 778. The number of amides is 1. The average molecular weight is 350 g/mol. The zero-order chi connectivity index (χ0) is 17.0. The largest absolute Gasteiger partial charge is 0.472 e. The van der Waals surface area contributed by atoms with Crippen molar-refractivity contribution in [1.29, 1.82) is 0 Å². The van der Waals surface area contributed by atoms with E-state index in [1.165, 1.54) is 16.8 Å². The predicted octanol–water partition coefficient (Wildman–Crippen LogP) is 1.23. The number of furan rings is 1. The maximum atomic E-state index is 12.5. The monoisotopic (exact) mass is 350 g/mol. The topological polar surface area (TPSA) is 88.9 Å². The quantitative estimate of drug-likeness (QED) is 0.876. The molecule has 1 N–H and O–H groups in total. The number of hydrogen-bond donors (Lipinski definition) is 1. The third-order valence-corrected chi connectivity index (χ3v) is 5.68. The van der Waals surface area contributed by atoms with Crippen LogP contribution < -0.4 is 5.32 Å². The highest BCUT2D eigenvalue weighted by molar-refractivity contribution is 7.89. The van der Waals surface area contributed by atoms with Gasteiger partial charge < -0.3 is 14.5 Å². The second kappa shape index (κ2) is 7.16. The predicted molar refractivity (Wildman–Crippen MR) is 85.9 cm³/mol. The summed E-state index contributed by atoms with van der Waals surface area (Å²) in [5, 5.41) is 2.75. The van der Waals surface area contributed by atoms with Crippen molar-refractivity contribution >= 4 is 15.9 Å². The summed E-state index contributed by atoms with van der Waals surface area (Å²) in [5.74, 6) is -0.242. The van der Waals surface area contributed by atoms with Crippen LogP contribution in [0, 0.1) is 0 Å². The first kappa shape index (κ1) is 16.7. The highest BCUT2D eigenvalue weighted by Gasteiger charge is 2.26. The summed E-state index contributed by atoms with van der Waals surface area (Å²) in [7, 11) is -3.49. The van der Waals surface area contributed by atoms with Crippen molar-refractivity contribution in [2.45, 2.75) is 11.4 Å². The molecule has 1 fully saturated rings. The maximum absolute atomic E-state index is 12.5. The Morgan fingerprint density at radius 1 is 1.12 bits per heavy atom. The van der Waals surface area contributed by atoms with Crippen LogP contribution in [0.3, 0.4) is 0 Å². The highest BCUT2D eigenvalue weighted by atomic mass is 32.2. The van der Waals surface area contributed by atoms with E-state index in [1.807, 2.05) is 0 Å². The molecule has 1 aromatic carbocycles. The zero-order valence-corrected chi connectivity index (χ0v) is 13.8. The summed E-state index contributed by atoms with van der Waals surface area (Å²) >= 11 is 0. The Morgan fingerprint density at radius 3 is 2.46 bits per heavy atom. The number of sulfonamides is 1. The van der Waals surface area contributed by atoms with Gasteiger partial charge in [-0.05, 0) is 23.8 Å². The van der Waals surface area contributed by atoms with Gasteiger partial charge in [0.25, 0.3) is 5.91 Å². The van der Waals surface area contributed by atoms with Crippen molar-refractivity contribution in [2.75, 3.05) is 26.3 Å². The van der Waals surface area contributed by atoms with E-state index in [4.69, 9.17) is 9.15 Å². The van der Waals surface area contributed by atoms with Crippen LogP contribution in [0.25, 0.3) is 0 Å². The lowest BCUT2D eigenvalue weighted by atomic mass is 10.2. The Kier molecular flexibility index (Phi) is 4.98. The molecule has 3 rings (SSSR count). The van der Waals surface area contributed by atoms with Crippen molar-refractivity contribution in [2.24, 2.45) is 0 Å². The second-order valence-corrected chi connectivity index (χ2v) is 7.29. The van der Waals surface area contributed by atoms with Crippen LogP contribution in [-0.4, -0.2) is 44.9 Å². The Morgan fingerprint density at radius 2 is 1.83 bits per heavy atom. The third-order valence-electron chi connectivity index (χ3n) is 3.77. The molecule has 1 aromatic heterocycles. The molecule has 1 saturated heterocycles. The van der Waals surface area contributed by atoms with Crippen molar-refractivity contribution < 1.29 is 22.4 Å². The van der Waals surface area contributed by atoms with Crippen molar-refractivity contribution in [3.63, 3.8) is 0 Å². The van der Waals surface area contributed by atoms with E-state index in [2.05, 4.69) is 5.32 Å². The van der Waals surface area contributed by atoms with Gasteiger partial charge in [0.15, 0.2) is 0 Å². The molecule has 0 radical (unpaired) electrons. The van der Waals surface area contributed by atoms with Crippen molar-refractivity contribution in [3.8, 4) is 0 Å². The van der Waals surface area contributed by atoms with Crippen LogP contribution >= 0.6 is 0 Å². The molecular formula is C16H18N2O5S. The molecule has 0 spiro atoms. The Hall–Kier alpha value is -2.16. The molecule has 0 saturated carbocycles. The van der Waals surface area contributed by atoms with Gasteiger partial charge in [0, 0.05) is 19.6 Å². The molecular weight excluding hydrogens is 332 g/mol. The van der Waals surface area contributed by atoms with Gasteiger partial charge in [-0.1, -0.05) is 12.1 Å². The Balaban J connectivity index is 1.63. The average Bonchev–Trinajstić information content (AvgIpc) is 3.15. The minimum atomic E-state index is -3.49. The van der Waals surface area contributed by atoms with Crippen molar-refractivity contribution in [3.05, 3.63) is 54.0 Å². The molecule has 24 heavy (non-hydrogen) atoms. The van der Waals surface area contributed by atoms with E-state index in [1.54, 1.807) is 30.3 Å². The first-order chi connectivity index (χ1) is 11.6. The number of carbonyl (C=O) groups excluding carboxylic acids is 1. The minimum absolute atomic E-state index is 0.242. The molecule has 1 aliphatic heterocycles. The summed E-state index contributed by atoms with van der Waals surface area (Å²) in [4.78, 5) is 12.1. The van der Waals surface area contributed by atoms with Crippen LogP contribution in [0.5, 0.6) is 0 Å². The molecule has 0 atom stereocenters. The molecule has 1 aliphatic rings. The molecule has 0 aliphatic carbocycles. The van der Waals surface area contributed by atoms with Crippen LogP contribution in [0.4, 0.5) is 0 Å². The summed E-state index contributed by atoms with van der Waals surface area (Å²) in [6.07, 6.45) is 2.80. The highest BCUT2D eigenvalue weighted by Crippen LogP contribution is 2.17. The summed E-state index contributed by atoms with van der Waals surface area (Å²) in [5.41, 5.74) is 1.26. The fourth-order valence-corrected chi connectivity index (χ4v) is 3.80. The van der Waals surface area contributed by atoms with Gasteiger partial charge >= 0.3 is 0 Å². The van der Waals surface area contributed by atoms with Crippen LogP contribution in [0.1, 0.15) is 15.9 Å². The van der Waals surface area contributed by atoms with E-state index in [0.29, 0.717) is 38.4 Å². The molecule has 2 aromatic rings. The minimum Gasteiger partial charge on any atom is -0.472 e. The SMILES string of the molecule is O=C(NCc1ccc(S(=O)(=O)N2CCOCC2)cc1)c1ccoc1. The van der Waals surface area contributed by atoms with Gasteiger partial charge in [-0.3, -0.25) is 4.79 Å². The second-order valence-electron chi connectivity index (χ2n) is 5.36. The Labute approximate surface area is 140 Å². The van der Waals surface area contributed by atoms with Gasteiger partial charge in [0.05, 0.1) is 29.9 Å². The summed E-state index contributed by atoms with van der Waals surface area (Å²) in [6, 6.07) is 8.09. The number of nitrogens with one attached hydrogen (secondary N) is 1. The molecule has 128 valence electrons. The number of rotatable bonds is 5. The molecule has 0 unspecified atom stereocenters. The smallest absolute Gasteiger partial charge is 0.254 e. The number of morpholine rings is 1. The van der Waals surface area contributed by atoms with Gasteiger partial charge in [-0.15, -0.1) is 0 Å². The van der Waals surface area contributed by atoms with Gasteiger partial charge in [-0.2, -0.15) is 4.31 Å². The van der Waals surface area contributed by atoms with Gasteiger partial charge in [-0.25, -0.2) is 8.42 Å². The van der Waals surface area contributed by atoms with Gasteiger partial charge in [0.2, 0.25) is 10.0 Å². The maximum Gasteiger partial charge on any atom is 0.254 e. The molecule has 2 heterocycles. The van der Waals surface area contributed by atoms with Gasteiger partial charge in [0.1, 0.15) is 6.26 Å². The third kappa shape index (κ3) is 3.66. The zero-order valence-electron chi connectivity index (χ0n) is 13.0. The lowest BCUT2D eigenvalue weighted by Gasteiger charge is -2.26. The number of ether oxygens (including phenoxy) is 1. The number of hydrogen-bond acceptors (Lipinski definition) is 5. The molecule has 7 nitrogen and oxygen atoms in total. The lowest BCUT2D eigenvalue weighted by molar-refractivity contribution is 0.0730. The van der Waals surface area contributed by atoms with E-state index in [0.717, 1.165) is 5.56 Å². The van der Waals surface area contributed by atoms with Crippen LogP contribution in [0.15, 0.2) is 52.2 Å². The number of nitrogens with zero attached hydrogens (tertiary/aromatic N) is 1. The number of carbonyl (C=O) groups is 1. The molecule has 8 heteroatoms. The standard InChI is InChI=1S/C16H18N2O5S/c19-16(14-5-8-23-12-14)17-11-13-1-3-15(4-2-13)24(20,21)18-6-9-22-10-7-18/h1-5,8,12H,6-7,9-11H2,(H,17,19). The normalized spacial score (nSPS) is 16.0. The van der Waals surface area contributed by atoms with Crippen molar-refractivity contribution in [1.82, 2.24) is 9.62 Å².